The second kappa shape index (κ2) is 6.41. The summed E-state index contributed by atoms with van der Waals surface area (Å²) in [7, 11) is 1.76. The lowest BCUT2D eigenvalue weighted by atomic mass is 10.2. The van der Waals surface area contributed by atoms with Crippen LogP contribution < -0.4 is 5.73 Å². The Kier molecular flexibility index (Phi) is 4.80. The first-order valence-electron chi connectivity index (χ1n) is 6.93. The molecule has 21 heavy (non-hydrogen) atoms. The van der Waals surface area contributed by atoms with E-state index in [1.807, 2.05) is 32.9 Å². The van der Waals surface area contributed by atoms with Crippen LogP contribution in [0, 0.1) is 6.92 Å². The molecule has 0 saturated carbocycles. The summed E-state index contributed by atoms with van der Waals surface area (Å²) in [4.78, 5) is 19.9. The molecule has 6 heteroatoms. The molecular weight excluding hydrogens is 286 g/mol. The van der Waals surface area contributed by atoms with Gasteiger partial charge < -0.3 is 15.4 Å². The molecule has 0 radical (unpaired) electrons. The molecule has 0 bridgehead atoms. The molecule has 0 saturated heterocycles. The van der Waals surface area contributed by atoms with Crippen LogP contribution in [0.1, 0.15) is 29.2 Å². The van der Waals surface area contributed by atoms with Crippen molar-refractivity contribution in [3.63, 3.8) is 0 Å². The van der Waals surface area contributed by atoms with Crippen LogP contribution >= 0.6 is 11.3 Å². The Hall–Kier alpha value is -1.66. The Bertz CT molecular complexity index is 652. The number of nitrogens with zero attached hydrogens (tertiary/aromatic N) is 2. The van der Waals surface area contributed by atoms with E-state index in [1.54, 1.807) is 11.9 Å². The summed E-state index contributed by atoms with van der Waals surface area (Å²) >= 11 is 1.35. The van der Waals surface area contributed by atoms with E-state index in [2.05, 4.69) is 4.98 Å². The third-order valence-corrected chi connectivity index (χ3v) is 4.26. The summed E-state index contributed by atoms with van der Waals surface area (Å²) in [6.45, 7) is 6.92. The van der Waals surface area contributed by atoms with Gasteiger partial charge in [0.05, 0.1) is 18.4 Å². The minimum atomic E-state index is -0.0829. The third kappa shape index (κ3) is 3.51. The summed E-state index contributed by atoms with van der Waals surface area (Å²) < 4.78 is 5.47. The summed E-state index contributed by atoms with van der Waals surface area (Å²) in [5, 5.41) is 0.848. The van der Waals surface area contributed by atoms with Crippen molar-refractivity contribution in [3.8, 4) is 0 Å². The SMILES string of the molecule is Cc1ccc2c(N)c(C(=O)N(C)CCOC(C)C)sc2n1. The summed E-state index contributed by atoms with van der Waals surface area (Å²) in [5.41, 5.74) is 7.53. The number of thiophene rings is 1. The molecule has 2 aromatic heterocycles. The Labute approximate surface area is 128 Å². The number of rotatable bonds is 5. The van der Waals surface area contributed by atoms with Crippen molar-refractivity contribution in [2.45, 2.75) is 26.9 Å². The predicted molar refractivity (Wildman–Crippen MR) is 86.8 cm³/mol. The van der Waals surface area contributed by atoms with Gasteiger partial charge in [-0.15, -0.1) is 11.3 Å². The van der Waals surface area contributed by atoms with E-state index in [4.69, 9.17) is 10.5 Å². The number of carbonyl (C=O) groups is 1. The number of likely N-dealkylation sites (N-methyl/N-ethyl adjacent to an activating group) is 1. The minimum absolute atomic E-state index is 0.0829. The molecule has 0 spiro atoms. The Morgan fingerprint density at radius 1 is 1.48 bits per heavy atom. The van der Waals surface area contributed by atoms with E-state index < -0.39 is 0 Å². The van der Waals surface area contributed by atoms with Crippen LogP contribution in [-0.2, 0) is 4.74 Å². The van der Waals surface area contributed by atoms with Gasteiger partial charge in [-0.2, -0.15) is 0 Å². The zero-order chi connectivity index (χ0) is 15.6. The van der Waals surface area contributed by atoms with Crippen LogP contribution in [0.2, 0.25) is 0 Å². The van der Waals surface area contributed by atoms with Crippen LogP contribution in [0.25, 0.3) is 10.2 Å². The maximum atomic E-state index is 12.5. The molecule has 0 unspecified atom stereocenters. The number of pyridine rings is 1. The Morgan fingerprint density at radius 3 is 2.86 bits per heavy atom. The number of ether oxygens (including phenoxy) is 1. The highest BCUT2D eigenvalue weighted by Gasteiger charge is 2.20. The first kappa shape index (κ1) is 15.7. The lowest BCUT2D eigenvalue weighted by Gasteiger charge is -2.17. The number of hydrogen-bond donors (Lipinski definition) is 1. The monoisotopic (exact) mass is 307 g/mol. The zero-order valence-corrected chi connectivity index (χ0v) is 13.7. The number of aryl methyl sites for hydroxylation is 1. The van der Waals surface area contributed by atoms with Gasteiger partial charge in [-0.05, 0) is 32.9 Å². The molecule has 0 aliphatic carbocycles. The number of carbonyl (C=O) groups excluding carboxylic acids is 1. The summed E-state index contributed by atoms with van der Waals surface area (Å²) in [6.07, 6.45) is 0.162. The third-order valence-electron chi connectivity index (χ3n) is 3.15. The minimum Gasteiger partial charge on any atom is -0.397 e. The van der Waals surface area contributed by atoms with Gasteiger partial charge in [-0.1, -0.05) is 0 Å². The molecule has 5 nitrogen and oxygen atoms in total. The van der Waals surface area contributed by atoms with Crippen molar-refractivity contribution >= 4 is 33.1 Å². The number of anilines is 1. The molecule has 0 aliphatic heterocycles. The average molecular weight is 307 g/mol. The second-order valence-electron chi connectivity index (χ2n) is 5.30. The fourth-order valence-electron chi connectivity index (χ4n) is 1.95. The molecule has 0 aromatic carbocycles. The van der Waals surface area contributed by atoms with Crippen LogP contribution in [0.15, 0.2) is 12.1 Å². The number of fused-ring (bicyclic) bond motifs is 1. The molecule has 2 N–H and O–H groups in total. The molecule has 0 fully saturated rings. The van der Waals surface area contributed by atoms with Gasteiger partial charge in [0.1, 0.15) is 9.71 Å². The van der Waals surface area contributed by atoms with Crippen molar-refractivity contribution in [2.24, 2.45) is 0 Å². The number of nitrogen functional groups attached to an aromatic ring is 1. The molecule has 0 aliphatic rings. The first-order chi connectivity index (χ1) is 9.90. The van der Waals surface area contributed by atoms with E-state index in [0.717, 1.165) is 15.9 Å². The molecular formula is C15H21N3O2S. The maximum absolute atomic E-state index is 12.5. The van der Waals surface area contributed by atoms with Gasteiger partial charge in [0, 0.05) is 24.7 Å². The smallest absolute Gasteiger partial charge is 0.265 e. The number of aromatic nitrogens is 1. The normalized spacial score (nSPS) is 11.3. The van der Waals surface area contributed by atoms with Crippen molar-refractivity contribution in [1.82, 2.24) is 9.88 Å². The van der Waals surface area contributed by atoms with E-state index >= 15 is 0 Å². The molecule has 114 valence electrons. The van der Waals surface area contributed by atoms with E-state index in [1.165, 1.54) is 11.3 Å². The van der Waals surface area contributed by atoms with Crippen LogP contribution in [0.4, 0.5) is 5.69 Å². The van der Waals surface area contributed by atoms with E-state index in [-0.39, 0.29) is 12.0 Å². The Balaban J connectivity index is 2.17. The molecule has 2 rings (SSSR count). The zero-order valence-electron chi connectivity index (χ0n) is 12.8. The summed E-state index contributed by atoms with van der Waals surface area (Å²) in [6, 6.07) is 3.82. The van der Waals surface area contributed by atoms with Gasteiger partial charge in [0.2, 0.25) is 0 Å². The fourth-order valence-corrected chi connectivity index (χ4v) is 3.08. The average Bonchev–Trinajstić information content (AvgIpc) is 2.74. The molecule has 0 atom stereocenters. The molecule has 1 amide bonds. The largest absolute Gasteiger partial charge is 0.397 e. The standard InChI is InChI=1S/C15H21N3O2S/c1-9(2)20-8-7-18(4)15(19)13-12(16)11-6-5-10(3)17-14(11)21-13/h5-6,9H,7-8,16H2,1-4H3. The highest BCUT2D eigenvalue weighted by molar-refractivity contribution is 7.21. The van der Waals surface area contributed by atoms with Gasteiger partial charge in [0.15, 0.2) is 0 Å². The van der Waals surface area contributed by atoms with Gasteiger partial charge >= 0.3 is 0 Å². The summed E-state index contributed by atoms with van der Waals surface area (Å²) in [5.74, 6) is -0.0829. The highest BCUT2D eigenvalue weighted by atomic mass is 32.1. The van der Waals surface area contributed by atoms with E-state index in [0.29, 0.717) is 23.7 Å². The topological polar surface area (TPSA) is 68.5 Å². The van der Waals surface area contributed by atoms with Gasteiger partial charge in [-0.3, -0.25) is 4.79 Å². The van der Waals surface area contributed by atoms with E-state index in [9.17, 15) is 4.79 Å². The maximum Gasteiger partial charge on any atom is 0.265 e. The quantitative estimate of drug-likeness (QED) is 0.922. The fraction of sp³-hybridized carbons (Fsp3) is 0.467. The second-order valence-corrected chi connectivity index (χ2v) is 6.30. The van der Waals surface area contributed by atoms with Crippen molar-refractivity contribution in [2.75, 3.05) is 25.9 Å². The number of amides is 1. The lowest BCUT2D eigenvalue weighted by molar-refractivity contribution is 0.0535. The Morgan fingerprint density at radius 2 is 2.19 bits per heavy atom. The van der Waals surface area contributed by atoms with Crippen LogP contribution in [-0.4, -0.2) is 42.1 Å². The van der Waals surface area contributed by atoms with Crippen molar-refractivity contribution < 1.29 is 9.53 Å². The van der Waals surface area contributed by atoms with Crippen LogP contribution in [0.5, 0.6) is 0 Å². The van der Waals surface area contributed by atoms with Crippen LogP contribution in [0.3, 0.4) is 0 Å². The van der Waals surface area contributed by atoms with Crippen molar-refractivity contribution in [1.29, 1.82) is 0 Å². The van der Waals surface area contributed by atoms with Crippen molar-refractivity contribution in [3.05, 3.63) is 22.7 Å². The number of nitrogens with two attached hydrogens (primary N) is 1. The predicted octanol–water partition coefficient (Wildman–Crippen LogP) is 2.68. The number of hydrogen-bond acceptors (Lipinski definition) is 5. The highest BCUT2D eigenvalue weighted by Crippen LogP contribution is 2.33. The van der Waals surface area contributed by atoms with Gasteiger partial charge in [-0.25, -0.2) is 4.98 Å². The first-order valence-corrected chi connectivity index (χ1v) is 7.74. The molecule has 2 aromatic rings. The van der Waals surface area contributed by atoms with Gasteiger partial charge in [0.25, 0.3) is 5.91 Å². The lowest BCUT2D eigenvalue weighted by Crippen LogP contribution is -2.30. The molecule has 2 heterocycles.